The SMILES string of the molecule is CCC(CCCO)Nc1nc(N[C@H](C)c2ccccc2)nc(C)c1-c1nc2c(C3CC3)nccc2s1. The lowest BCUT2D eigenvalue weighted by Crippen LogP contribution is -2.21. The first-order chi connectivity index (χ1) is 17.6. The highest BCUT2D eigenvalue weighted by atomic mass is 32.1. The number of thiazole rings is 1. The molecule has 5 rings (SSSR count). The average molecular weight is 503 g/mol. The number of aliphatic hydroxyl groups is 1. The van der Waals surface area contributed by atoms with Crippen molar-refractivity contribution in [2.75, 3.05) is 17.2 Å². The summed E-state index contributed by atoms with van der Waals surface area (Å²) >= 11 is 1.68. The Labute approximate surface area is 216 Å². The quantitative estimate of drug-likeness (QED) is 0.216. The molecule has 1 aliphatic rings. The molecule has 0 amide bonds. The third-order valence-corrected chi connectivity index (χ3v) is 7.83. The first-order valence-corrected chi connectivity index (χ1v) is 13.7. The summed E-state index contributed by atoms with van der Waals surface area (Å²) in [6.07, 6.45) is 6.84. The van der Waals surface area contributed by atoms with Crippen molar-refractivity contribution >= 4 is 33.3 Å². The van der Waals surface area contributed by atoms with Gasteiger partial charge in [0.2, 0.25) is 5.95 Å². The van der Waals surface area contributed by atoms with Crippen molar-refractivity contribution in [3.63, 3.8) is 0 Å². The first-order valence-electron chi connectivity index (χ1n) is 12.9. The molecule has 3 aromatic heterocycles. The second kappa shape index (κ2) is 10.9. The topological polar surface area (TPSA) is 95.8 Å². The van der Waals surface area contributed by atoms with Gasteiger partial charge in [0.15, 0.2) is 0 Å². The number of nitrogens with zero attached hydrogens (tertiary/aromatic N) is 4. The Morgan fingerprint density at radius 1 is 1.08 bits per heavy atom. The van der Waals surface area contributed by atoms with Crippen molar-refractivity contribution in [1.29, 1.82) is 0 Å². The van der Waals surface area contributed by atoms with Crippen LogP contribution in [-0.2, 0) is 0 Å². The van der Waals surface area contributed by atoms with Gasteiger partial charge in [0, 0.05) is 24.8 Å². The molecule has 4 aromatic rings. The lowest BCUT2D eigenvalue weighted by Gasteiger charge is -2.21. The minimum atomic E-state index is 0.0651. The number of aliphatic hydroxyl groups excluding tert-OH is 1. The smallest absolute Gasteiger partial charge is 0.225 e. The molecule has 1 saturated carbocycles. The van der Waals surface area contributed by atoms with Crippen LogP contribution >= 0.6 is 11.3 Å². The highest BCUT2D eigenvalue weighted by Crippen LogP contribution is 2.44. The minimum Gasteiger partial charge on any atom is -0.396 e. The number of hydrogen-bond donors (Lipinski definition) is 3. The molecule has 1 aliphatic carbocycles. The zero-order chi connectivity index (χ0) is 25.1. The second-order valence-electron chi connectivity index (χ2n) is 9.58. The highest BCUT2D eigenvalue weighted by Gasteiger charge is 2.29. The van der Waals surface area contributed by atoms with E-state index in [4.69, 9.17) is 15.0 Å². The van der Waals surface area contributed by atoms with Crippen LogP contribution in [0, 0.1) is 6.92 Å². The zero-order valence-corrected chi connectivity index (χ0v) is 22.0. The first kappa shape index (κ1) is 24.6. The maximum atomic E-state index is 9.38. The predicted octanol–water partition coefficient (Wildman–Crippen LogP) is 6.47. The van der Waals surface area contributed by atoms with Crippen LogP contribution in [0.3, 0.4) is 0 Å². The lowest BCUT2D eigenvalue weighted by molar-refractivity contribution is 0.280. The number of nitrogens with one attached hydrogen (secondary N) is 2. The molecule has 3 N–H and O–H groups in total. The molecule has 36 heavy (non-hydrogen) atoms. The normalized spacial score (nSPS) is 15.1. The number of hydrogen-bond acceptors (Lipinski definition) is 8. The molecule has 8 heteroatoms. The van der Waals surface area contributed by atoms with Gasteiger partial charge in [0.05, 0.1) is 27.7 Å². The van der Waals surface area contributed by atoms with Crippen LogP contribution in [0.4, 0.5) is 11.8 Å². The molecule has 1 unspecified atom stereocenters. The van der Waals surface area contributed by atoms with Crippen LogP contribution < -0.4 is 10.6 Å². The Morgan fingerprint density at radius 3 is 2.61 bits per heavy atom. The molecular weight excluding hydrogens is 468 g/mol. The number of rotatable bonds is 11. The van der Waals surface area contributed by atoms with Crippen molar-refractivity contribution in [2.24, 2.45) is 0 Å². The van der Waals surface area contributed by atoms with Crippen LogP contribution in [0.15, 0.2) is 42.6 Å². The summed E-state index contributed by atoms with van der Waals surface area (Å²) in [6, 6.07) is 12.6. The van der Waals surface area contributed by atoms with Gasteiger partial charge in [-0.2, -0.15) is 4.98 Å². The van der Waals surface area contributed by atoms with E-state index in [-0.39, 0.29) is 18.7 Å². The van der Waals surface area contributed by atoms with Crippen molar-refractivity contribution in [2.45, 2.75) is 70.9 Å². The van der Waals surface area contributed by atoms with Crippen LogP contribution in [-0.4, -0.2) is 37.7 Å². The van der Waals surface area contributed by atoms with E-state index in [1.807, 2.05) is 31.3 Å². The maximum absolute atomic E-state index is 9.38. The Balaban J connectivity index is 1.54. The van der Waals surface area contributed by atoms with E-state index in [0.29, 0.717) is 11.9 Å². The number of aromatic nitrogens is 4. The molecule has 2 atom stereocenters. The second-order valence-corrected chi connectivity index (χ2v) is 10.6. The van der Waals surface area contributed by atoms with E-state index >= 15 is 0 Å². The molecule has 188 valence electrons. The monoisotopic (exact) mass is 502 g/mol. The highest BCUT2D eigenvalue weighted by molar-refractivity contribution is 7.21. The van der Waals surface area contributed by atoms with E-state index in [2.05, 4.69) is 47.7 Å². The molecule has 0 saturated heterocycles. The molecule has 1 aromatic carbocycles. The summed E-state index contributed by atoms with van der Waals surface area (Å²) < 4.78 is 1.15. The Kier molecular flexibility index (Phi) is 7.43. The van der Waals surface area contributed by atoms with Crippen LogP contribution in [0.5, 0.6) is 0 Å². The maximum Gasteiger partial charge on any atom is 0.225 e. The van der Waals surface area contributed by atoms with Gasteiger partial charge < -0.3 is 15.7 Å². The predicted molar refractivity (Wildman–Crippen MR) is 148 cm³/mol. The number of benzene rings is 1. The summed E-state index contributed by atoms with van der Waals surface area (Å²) in [5, 5.41) is 17.4. The van der Waals surface area contributed by atoms with Crippen LogP contribution in [0.25, 0.3) is 20.8 Å². The molecular formula is C28H34N6OS. The third kappa shape index (κ3) is 5.34. The largest absolute Gasteiger partial charge is 0.396 e. The third-order valence-electron chi connectivity index (χ3n) is 6.79. The minimum absolute atomic E-state index is 0.0651. The fourth-order valence-corrected chi connectivity index (χ4v) is 5.63. The number of anilines is 2. The lowest BCUT2D eigenvalue weighted by atomic mass is 10.1. The van der Waals surface area contributed by atoms with Crippen molar-refractivity contribution in [3.8, 4) is 10.6 Å². The van der Waals surface area contributed by atoms with Crippen LogP contribution in [0.2, 0.25) is 0 Å². The fourth-order valence-electron chi connectivity index (χ4n) is 4.56. The van der Waals surface area contributed by atoms with Gasteiger partial charge in [-0.3, -0.25) is 4.98 Å². The summed E-state index contributed by atoms with van der Waals surface area (Å²) in [7, 11) is 0. The van der Waals surface area contributed by atoms with Gasteiger partial charge >= 0.3 is 0 Å². The van der Waals surface area contributed by atoms with Crippen molar-refractivity contribution < 1.29 is 5.11 Å². The van der Waals surface area contributed by atoms with Gasteiger partial charge in [-0.25, -0.2) is 9.97 Å². The van der Waals surface area contributed by atoms with E-state index in [1.54, 1.807) is 11.3 Å². The Morgan fingerprint density at radius 2 is 1.89 bits per heavy atom. The Bertz CT molecular complexity index is 1320. The molecule has 7 nitrogen and oxygen atoms in total. The number of pyridine rings is 1. The van der Waals surface area contributed by atoms with Gasteiger partial charge in [-0.15, -0.1) is 11.3 Å². The van der Waals surface area contributed by atoms with E-state index in [1.165, 1.54) is 18.4 Å². The van der Waals surface area contributed by atoms with Gasteiger partial charge in [0.25, 0.3) is 0 Å². The molecule has 0 aliphatic heterocycles. The summed E-state index contributed by atoms with van der Waals surface area (Å²) in [5.41, 5.74) is 5.13. The zero-order valence-electron chi connectivity index (χ0n) is 21.2. The van der Waals surface area contributed by atoms with E-state index < -0.39 is 0 Å². The van der Waals surface area contributed by atoms with E-state index in [9.17, 15) is 5.11 Å². The summed E-state index contributed by atoms with van der Waals surface area (Å²) in [6.45, 7) is 6.49. The van der Waals surface area contributed by atoms with Crippen molar-refractivity contribution in [1.82, 2.24) is 19.9 Å². The average Bonchev–Trinajstić information content (AvgIpc) is 3.64. The standard InChI is InChI=1S/C28H34N6OS/c1-4-21(11-8-16-35)32-26-23(27-33-25-22(36-27)14-15-29-24(25)20-12-13-20)18(3)31-28(34-26)30-17(2)19-9-6-5-7-10-19/h5-7,9-10,14-15,17,20-21,35H,4,8,11-13,16H2,1-3H3,(H2,30,31,32,34)/t17-,21?/m1/s1. The van der Waals surface area contributed by atoms with Gasteiger partial charge in [-0.1, -0.05) is 37.3 Å². The molecule has 0 spiro atoms. The molecule has 0 radical (unpaired) electrons. The summed E-state index contributed by atoms with van der Waals surface area (Å²) in [4.78, 5) is 19.6. The fraction of sp³-hybridized carbons (Fsp3) is 0.429. The molecule has 0 bridgehead atoms. The Hall–Kier alpha value is -3.10. The van der Waals surface area contributed by atoms with Crippen LogP contribution in [0.1, 0.15) is 74.9 Å². The van der Waals surface area contributed by atoms with Crippen molar-refractivity contribution in [3.05, 3.63) is 59.5 Å². The number of fused-ring (bicyclic) bond motifs is 1. The van der Waals surface area contributed by atoms with Gasteiger partial charge in [-0.05, 0) is 57.6 Å². The molecule has 1 fully saturated rings. The molecule has 3 heterocycles. The summed E-state index contributed by atoms with van der Waals surface area (Å²) in [5.74, 6) is 1.91. The van der Waals surface area contributed by atoms with Gasteiger partial charge in [0.1, 0.15) is 16.3 Å². The van der Waals surface area contributed by atoms with E-state index in [0.717, 1.165) is 57.3 Å². The number of aryl methyl sites for hydroxylation is 1.